The molecular formula is C22H21BrClN3. The van der Waals surface area contributed by atoms with E-state index in [1.54, 1.807) is 0 Å². The smallest absolute Gasteiger partial charge is 0.0806 e. The molecule has 2 aromatic heterocycles. The zero-order valence-electron chi connectivity index (χ0n) is 15.2. The van der Waals surface area contributed by atoms with Gasteiger partial charge in [0, 0.05) is 32.0 Å². The number of fused-ring (bicyclic) bond motifs is 2. The van der Waals surface area contributed by atoms with Gasteiger partial charge < -0.3 is 10.7 Å². The molecule has 2 aromatic carbocycles. The van der Waals surface area contributed by atoms with Gasteiger partial charge in [0.1, 0.15) is 0 Å². The lowest BCUT2D eigenvalue weighted by Crippen LogP contribution is -1.99. The summed E-state index contributed by atoms with van der Waals surface area (Å²) < 4.78 is 1.05. The standard InChI is InChI=1S/C22H21BrClN3/c1-13-19(24)10-8-15-14(5-2-3-11-25)22(27-20(13)15)17-7-9-18(23)16-6-4-12-26-21(16)17/h4,6-10,12,27H,2-3,5,11,25H2,1H3. The minimum atomic E-state index is 0.714. The quantitative estimate of drug-likeness (QED) is 0.352. The molecule has 3 N–H and O–H groups in total. The number of aromatic nitrogens is 2. The van der Waals surface area contributed by atoms with Crippen LogP contribution in [0.25, 0.3) is 33.1 Å². The number of benzene rings is 2. The van der Waals surface area contributed by atoms with Crippen molar-refractivity contribution >= 4 is 49.3 Å². The first-order chi connectivity index (χ1) is 13.1. The molecule has 0 aliphatic carbocycles. The van der Waals surface area contributed by atoms with E-state index in [-0.39, 0.29) is 0 Å². The summed E-state index contributed by atoms with van der Waals surface area (Å²) in [6.45, 7) is 2.78. The summed E-state index contributed by atoms with van der Waals surface area (Å²) in [5.41, 5.74) is 12.5. The van der Waals surface area contributed by atoms with Crippen molar-refractivity contribution < 1.29 is 0 Å². The van der Waals surface area contributed by atoms with Crippen molar-refractivity contribution in [3.05, 3.63) is 63.2 Å². The summed E-state index contributed by atoms with van der Waals surface area (Å²) in [5.74, 6) is 0. The molecule has 0 saturated carbocycles. The molecule has 0 fully saturated rings. The van der Waals surface area contributed by atoms with Crippen molar-refractivity contribution in [3.63, 3.8) is 0 Å². The summed E-state index contributed by atoms with van der Waals surface area (Å²) in [7, 11) is 0. The van der Waals surface area contributed by atoms with Gasteiger partial charge >= 0.3 is 0 Å². The molecule has 0 amide bonds. The van der Waals surface area contributed by atoms with E-state index in [9.17, 15) is 0 Å². The van der Waals surface area contributed by atoms with E-state index in [1.807, 2.05) is 18.3 Å². The maximum absolute atomic E-state index is 6.38. The lowest BCUT2D eigenvalue weighted by Gasteiger charge is -2.09. The number of nitrogens with one attached hydrogen (secondary N) is 1. The number of pyridine rings is 1. The molecule has 138 valence electrons. The van der Waals surface area contributed by atoms with Gasteiger partial charge in [-0.25, -0.2) is 0 Å². The van der Waals surface area contributed by atoms with Crippen molar-refractivity contribution in [3.8, 4) is 11.3 Å². The normalized spacial score (nSPS) is 11.6. The topological polar surface area (TPSA) is 54.7 Å². The monoisotopic (exact) mass is 441 g/mol. The summed E-state index contributed by atoms with van der Waals surface area (Å²) in [5, 5.41) is 3.12. The van der Waals surface area contributed by atoms with E-state index in [0.717, 1.165) is 62.0 Å². The van der Waals surface area contributed by atoms with Gasteiger partial charge in [-0.1, -0.05) is 39.7 Å². The Morgan fingerprint density at radius 2 is 1.96 bits per heavy atom. The molecule has 0 spiro atoms. The predicted molar refractivity (Wildman–Crippen MR) is 118 cm³/mol. The zero-order valence-corrected chi connectivity index (χ0v) is 17.5. The second-order valence-corrected chi connectivity index (χ2v) is 8.08. The average Bonchev–Trinajstić information content (AvgIpc) is 3.05. The van der Waals surface area contributed by atoms with Gasteiger partial charge in [-0.2, -0.15) is 0 Å². The van der Waals surface area contributed by atoms with Crippen LogP contribution in [0, 0.1) is 6.92 Å². The van der Waals surface area contributed by atoms with Crippen LogP contribution in [0.2, 0.25) is 5.02 Å². The van der Waals surface area contributed by atoms with Crippen LogP contribution in [0.4, 0.5) is 0 Å². The Kier molecular flexibility index (Phi) is 5.22. The third-order valence-corrected chi connectivity index (χ3v) is 6.24. The molecule has 5 heteroatoms. The Bertz CT molecular complexity index is 1130. The fraction of sp³-hybridized carbons (Fsp3) is 0.227. The third kappa shape index (κ3) is 3.27. The van der Waals surface area contributed by atoms with E-state index < -0.39 is 0 Å². The Morgan fingerprint density at radius 3 is 2.78 bits per heavy atom. The van der Waals surface area contributed by atoms with Gasteiger partial charge in [-0.3, -0.25) is 4.98 Å². The van der Waals surface area contributed by atoms with Crippen LogP contribution < -0.4 is 5.73 Å². The van der Waals surface area contributed by atoms with E-state index in [1.165, 1.54) is 10.9 Å². The van der Waals surface area contributed by atoms with Crippen LogP contribution in [-0.2, 0) is 6.42 Å². The van der Waals surface area contributed by atoms with Crippen molar-refractivity contribution in [2.24, 2.45) is 5.73 Å². The zero-order chi connectivity index (χ0) is 19.0. The number of hydrogen-bond acceptors (Lipinski definition) is 2. The first-order valence-corrected chi connectivity index (χ1v) is 10.3. The van der Waals surface area contributed by atoms with Gasteiger partial charge in [-0.15, -0.1) is 0 Å². The van der Waals surface area contributed by atoms with Crippen LogP contribution in [0.15, 0.2) is 47.1 Å². The average molecular weight is 443 g/mol. The van der Waals surface area contributed by atoms with Gasteiger partial charge in [-0.05, 0) is 68.1 Å². The van der Waals surface area contributed by atoms with Crippen LogP contribution in [0.5, 0.6) is 0 Å². The number of aromatic amines is 1. The third-order valence-electron chi connectivity index (χ3n) is 5.14. The number of unbranched alkanes of at least 4 members (excludes halogenated alkanes) is 1. The fourth-order valence-corrected chi connectivity index (χ4v) is 4.32. The molecule has 3 nitrogen and oxygen atoms in total. The molecular weight excluding hydrogens is 422 g/mol. The van der Waals surface area contributed by atoms with E-state index in [2.05, 4.69) is 57.1 Å². The minimum absolute atomic E-state index is 0.714. The summed E-state index contributed by atoms with van der Waals surface area (Å²) >= 11 is 10.0. The molecule has 0 aliphatic heterocycles. The predicted octanol–water partition coefficient (Wildman–Crippen LogP) is 6.39. The Balaban J connectivity index is 2.00. The molecule has 2 heterocycles. The van der Waals surface area contributed by atoms with Crippen molar-refractivity contribution in [2.75, 3.05) is 6.54 Å². The lowest BCUT2D eigenvalue weighted by atomic mass is 9.98. The molecule has 0 bridgehead atoms. The number of halogens is 2. The van der Waals surface area contributed by atoms with E-state index >= 15 is 0 Å². The highest BCUT2D eigenvalue weighted by Gasteiger charge is 2.18. The number of H-pyrrole nitrogens is 1. The molecule has 0 atom stereocenters. The Morgan fingerprint density at radius 1 is 1.11 bits per heavy atom. The molecule has 0 radical (unpaired) electrons. The Hall–Kier alpha value is -1.88. The fourth-order valence-electron chi connectivity index (χ4n) is 3.71. The van der Waals surface area contributed by atoms with Gasteiger partial charge in [0.2, 0.25) is 0 Å². The lowest BCUT2D eigenvalue weighted by molar-refractivity contribution is 0.748. The van der Waals surface area contributed by atoms with Crippen molar-refractivity contribution in [1.29, 1.82) is 0 Å². The van der Waals surface area contributed by atoms with Gasteiger partial charge in [0.05, 0.1) is 16.7 Å². The maximum Gasteiger partial charge on any atom is 0.0806 e. The number of nitrogens with two attached hydrogens (primary N) is 1. The number of nitrogens with zero attached hydrogens (tertiary/aromatic N) is 1. The first-order valence-electron chi connectivity index (χ1n) is 9.15. The van der Waals surface area contributed by atoms with Crippen LogP contribution in [0.1, 0.15) is 24.0 Å². The second kappa shape index (κ2) is 7.63. The highest BCUT2D eigenvalue weighted by atomic mass is 79.9. The van der Waals surface area contributed by atoms with Crippen LogP contribution in [0.3, 0.4) is 0 Å². The molecule has 4 rings (SSSR count). The molecule has 0 aliphatic rings. The first kappa shape index (κ1) is 18.5. The largest absolute Gasteiger partial charge is 0.354 e. The SMILES string of the molecule is Cc1c(Cl)ccc2c(CCCCN)c(-c3ccc(Br)c4cccnc34)[nH]c12. The van der Waals surface area contributed by atoms with E-state index in [4.69, 9.17) is 17.3 Å². The molecule has 4 aromatic rings. The van der Waals surface area contributed by atoms with Crippen LogP contribution in [-0.4, -0.2) is 16.5 Å². The number of rotatable bonds is 5. The second-order valence-electron chi connectivity index (χ2n) is 6.81. The maximum atomic E-state index is 6.38. The summed E-state index contributed by atoms with van der Waals surface area (Å²) in [4.78, 5) is 8.33. The molecule has 27 heavy (non-hydrogen) atoms. The highest BCUT2D eigenvalue weighted by Crippen LogP contribution is 2.38. The van der Waals surface area contributed by atoms with Crippen LogP contribution >= 0.6 is 27.5 Å². The van der Waals surface area contributed by atoms with Crippen molar-refractivity contribution in [2.45, 2.75) is 26.2 Å². The van der Waals surface area contributed by atoms with E-state index in [0.29, 0.717) is 6.54 Å². The highest BCUT2D eigenvalue weighted by molar-refractivity contribution is 9.10. The molecule has 0 unspecified atom stereocenters. The Labute approximate surface area is 172 Å². The number of aryl methyl sites for hydroxylation is 2. The summed E-state index contributed by atoms with van der Waals surface area (Å²) in [6.07, 6.45) is 4.88. The molecule has 0 saturated heterocycles. The number of hydrogen-bond donors (Lipinski definition) is 2. The minimum Gasteiger partial charge on any atom is -0.354 e. The van der Waals surface area contributed by atoms with Gasteiger partial charge in [0.25, 0.3) is 0 Å². The summed E-state index contributed by atoms with van der Waals surface area (Å²) in [6, 6.07) is 12.4. The van der Waals surface area contributed by atoms with Crippen molar-refractivity contribution in [1.82, 2.24) is 9.97 Å². The van der Waals surface area contributed by atoms with Gasteiger partial charge in [0.15, 0.2) is 0 Å².